The van der Waals surface area contributed by atoms with Crippen molar-refractivity contribution in [3.05, 3.63) is 74.8 Å². The third-order valence-electron chi connectivity index (χ3n) is 3.25. The number of hydrogen-bond acceptors (Lipinski definition) is 3. The van der Waals surface area contributed by atoms with Crippen molar-refractivity contribution >= 4 is 5.69 Å². The van der Waals surface area contributed by atoms with Crippen LogP contribution in [0, 0.1) is 28.7 Å². The van der Waals surface area contributed by atoms with Crippen molar-refractivity contribution in [1.29, 1.82) is 0 Å². The van der Waals surface area contributed by atoms with Crippen molar-refractivity contribution < 1.29 is 13.7 Å². The lowest BCUT2D eigenvalue weighted by Crippen LogP contribution is -2.15. The van der Waals surface area contributed by atoms with E-state index >= 15 is 0 Å². The Morgan fingerprint density at radius 1 is 1.14 bits per heavy atom. The quantitative estimate of drug-likeness (QED) is 0.678. The molecule has 2 aromatic carbocycles. The molecule has 4 nitrogen and oxygen atoms in total. The predicted molar refractivity (Wildman–Crippen MR) is 74.7 cm³/mol. The molecule has 0 saturated heterocycles. The van der Waals surface area contributed by atoms with Crippen LogP contribution in [0.1, 0.15) is 16.7 Å². The Bertz CT molecular complexity index is 675. The number of rotatable bonds is 5. The first-order chi connectivity index (χ1) is 9.99. The molecule has 0 amide bonds. The molecule has 0 aliphatic rings. The first-order valence-corrected chi connectivity index (χ1v) is 6.36. The van der Waals surface area contributed by atoms with Crippen molar-refractivity contribution in [1.82, 2.24) is 5.32 Å². The zero-order valence-corrected chi connectivity index (χ0v) is 11.4. The lowest BCUT2D eigenvalue weighted by molar-refractivity contribution is -0.385. The van der Waals surface area contributed by atoms with Crippen LogP contribution in [-0.2, 0) is 13.1 Å². The molecule has 1 N–H and O–H groups in total. The maximum absolute atomic E-state index is 13.4. The summed E-state index contributed by atoms with van der Waals surface area (Å²) in [6.45, 7) is 2.15. The second-order valence-corrected chi connectivity index (χ2v) is 4.66. The molecule has 0 saturated carbocycles. The van der Waals surface area contributed by atoms with Crippen molar-refractivity contribution in [3.8, 4) is 0 Å². The van der Waals surface area contributed by atoms with Gasteiger partial charge in [-0.2, -0.15) is 0 Å². The Kier molecular flexibility index (Phi) is 4.59. The lowest BCUT2D eigenvalue weighted by Gasteiger charge is -2.09. The molecule has 0 radical (unpaired) electrons. The van der Waals surface area contributed by atoms with Gasteiger partial charge < -0.3 is 5.32 Å². The van der Waals surface area contributed by atoms with Gasteiger partial charge in [0, 0.05) is 30.3 Å². The average Bonchev–Trinajstić information content (AvgIpc) is 2.44. The standard InChI is InChI=1S/C15H14F2N2O2/c1-10-11(3-2-4-15(10)19(20)21)8-18-9-12-7-13(16)5-6-14(12)17/h2-7,18H,8-9H2,1H3. The summed E-state index contributed by atoms with van der Waals surface area (Å²) in [5.74, 6) is -0.987. The Labute approximate surface area is 120 Å². The van der Waals surface area contributed by atoms with E-state index in [2.05, 4.69) is 5.32 Å². The third kappa shape index (κ3) is 3.61. The Balaban J connectivity index is 2.05. The van der Waals surface area contributed by atoms with Gasteiger partial charge in [-0.25, -0.2) is 8.78 Å². The number of nitro benzene ring substituents is 1. The second kappa shape index (κ2) is 6.41. The molecule has 0 spiro atoms. The molecule has 2 aromatic rings. The van der Waals surface area contributed by atoms with Crippen molar-refractivity contribution in [2.24, 2.45) is 0 Å². The topological polar surface area (TPSA) is 55.2 Å². The van der Waals surface area contributed by atoms with Crippen LogP contribution < -0.4 is 5.32 Å². The highest BCUT2D eigenvalue weighted by Crippen LogP contribution is 2.21. The molecule has 21 heavy (non-hydrogen) atoms. The molecule has 0 fully saturated rings. The zero-order valence-electron chi connectivity index (χ0n) is 11.4. The largest absolute Gasteiger partial charge is 0.308 e. The van der Waals surface area contributed by atoms with Crippen LogP contribution in [0.3, 0.4) is 0 Å². The van der Waals surface area contributed by atoms with Gasteiger partial charge in [0.25, 0.3) is 5.69 Å². The lowest BCUT2D eigenvalue weighted by atomic mass is 10.1. The van der Waals surface area contributed by atoms with Gasteiger partial charge in [-0.1, -0.05) is 12.1 Å². The second-order valence-electron chi connectivity index (χ2n) is 4.66. The number of hydrogen-bond donors (Lipinski definition) is 1. The Morgan fingerprint density at radius 2 is 1.86 bits per heavy atom. The Morgan fingerprint density at radius 3 is 2.57 bits per heavy atom. The van der Waals surface area contributed by atoms with Gasteiger partial charge in [-0.3, -0.25) is 10.1 Å². The van der Waals surface area contributed by atoms with E-state index in [1.54, 1.807) is 19.1 Å². The summed E-state index contributed by atoms with van der Waals surface area (Å²) in [6, 6.07) is 8.06. The molecular formula is C15H14F2N2O2. The normalized spacial score (nSPS) is 10.6. The average molecular weight is 292 g/mol. The van der Waals surface area contributed by atoms with Crippen molar-refractivity contribution in [3.63, 3.8) is 0 Å². The molecule has 2 rings (SSSR count). The van der Waals surface area contributed by atoms with E-state index in [1.807, 2.05) is 0 Å². The molecule has 6 heteroatoms. The number of benzene rings is 2. The fourth-order valence-corrected chi connectivity index (χ4v) is 2.07. The smallest absolute Gasteiger partial charge is 0.272 e. The molecule has 0 aliphatic carbocycles. The fourth-order valence-electron chi connectivity index (χ4n) is 2.07. The maximum atomic E-state index is 13.4. The number of nitrogens with zero attached hydrogens (tertiary/aromatic N) is 1. The molecule has 0 aromatic heterocycles. The van der Waals surface area contributed by atoms with E-state index in [-0.39, 0.29) is 17.8 Å². The fraction of sp³-hybridized carbons (Fsp3) is 0.200. The summed E-state index contributed by atoms with van der Waals surface area (Å²) in [5, 5.41) is 13.8. The molecule has 0 bridgehead atoms. The van der Waals surface area contributed by atoms with Gasteiger partial charge in [0.1, 0.15) is 11.6 Å². The summed E-state index contributed by atoms with van der Waals surface area (Å²) in [7, 11) is 0. The van der Waals surface area contributed by atoms with Gasteiger partial charge in [0.05, 0.1) is 4.92 Å². The molecule has 0 atom stereocenters. The van der Waals surface area contributed by atoms with Gasteiger partial charge in [0.15, 0.2) is 0 Å². The van der Waals surface area contributed by atoms with E-state index < -0.39 is 16.6 Å². The monoisotopic (exact) mass is 292 g/mol. The Hall–Kier alpha value is -2.34. The highest BCUT2D eigenvalue weighted by Gasteiger charge is 2.12. The molecule has 0 unspecified atom stereocenters. The van der Waals surface area contributed by atoms with E-state index in [4.69, 9.17) is 0 Å². The van der Waals surface area contributed by atoms with Crippen LogP contribution in [0.4, 0.5) is 14.5 Å². The van der Waals surface area contributed by atoms with Crippen LogP contribution in [0.15, 0.2) is 36.4 Å². The summed E-state index contributed by atoms with van der Waals surface area (Å²) in [6.07, 6.45) is 0. The van der Waals surface area contributed by atoms with Gasteiger partial charge >= 0.3 is 0 Å². The summed E-state index contributed by atoms with van der Waals surface area (Å²) >= 11 is 0. The number of nitrogens with one attached hydrogen (secondary N) is 1. The van der Waals surface area contributed by atoms with Crippen LogP contribution in [0.5, 0.6) is 0 Å². The third-order valence-corrected chi connectivity index (χ3v) is 3.25. The predicted octanol–water partition coefficient (Wildman–Crippen LogP) is 3.47. The van der Waals surface area contributed by atoms with E-state index in [1.165, 1.54) is 6.07 Å². The summed E-state index contributed by atoms with van der Waals surface area (Å²) in [4.78, 5) is 10.4. The minimum Gasteiger partial charge on any atom is -0.308 e. The summed E-state index contributed by atoms with van der Waals surface area (Å²) in [5.41, 5.74) is 1.58. The maximum Gasteiger partial charge on any atom is 0.272 e. The highest BCUT2D eigenvalue weighted by molar-refractivity contribution is 5.44. The van der Waals surface area contributed by atoms with Crippen molar-refractivity contribution in [2.75, 3.05) is 0 Å². The van der Waals surface area contributed by atoms with Crippen LogP contribution in [0.25, 0.3) is 0 Å². The first kappa shape index (κ1) is 15.1. The minimum atomic E-state index is -0.500. The molecular weight excluding hydrogens is 278 g/mol. The number of nitro groups is 1. The SMILES string of the molecule is Cc1c(CNCc2cc(F)ccc2F)cccc1[N+](=O)[O-]. The van der Waals surface area contributed by atoms with Gasteiger partial charge in [-0.15, -0.1) is 0 Å². The zero-order chi connectivity index (χ0) is 15.4. The van der Waals surface area contributed by atoms with E-state index in [0.29, 0.717) is 12.1 Å². The van der Waals surface area contributed by atoms with E-state index in [9.17, 15) is 18.9 Å². The van der Waals surface area contributed by atoms with Crippen molar-refractivity contribution in [2.45, 2.75) is 20.0 Å². The van der Waals surface area contributed by atoms with Gasteiger partial charge in [-0.05, 0) is 30.7 Å². The van der Waals surface area contributed by atoms with Crippen LogP contribution >= 0.6 is 0 Å². The molecule has 0 aliphatic heterocycles. The molecule has 110 valence electrons. The minimum absolute atomic E-state index is 0.0474. The van der Waals surface area contributed by atoms with Gasteiger partial charge in [0.2, 0.25) is 0 Å². The summed E-state index contributed by atoms with van der Waals surface area (Å²) < 4.78 is 26.5. The first-order valence-electron chi connectivity index (χ1n) is 6.36. The number of halogens is 2. The van der Waals surface area contributed by atoms with Crippen LogP contribution in [0.2, 0.25) is 0 Å². The highest BCUT2D eigenvalue weighted by atomic mass is 19.1. The van der Waals surface area contributed by atoms with Crippen LogP contribution in [-0.4, -0.2) is 4.92 Å². The van der Waals surface area contributed by atoms with E-state index in [0.717, 1.165) is 23.8 Å². The molecule has 0 heterocycles.